The van der Waals surface area contributed by atoms with Gasteiger partial charge < -0.3 is 51.5 Å². The summed E-state index contributed by atoms with van der Waals surface area (Å²) in [6.45, 7) is -0.730. The number of hydrogen-bond donors (Lipinski definition) is 10. The Labute approximate surface area is 212 Å². The third-order valence-corrected chi connectivity index (χ3v) is 5.27. The summed E-state index contributed by atoms with van der Waals surface area (Å²) in [5, 5.41) is 80.9. The van der Waals surface area contributed by atoms with Gasteiger partial charge in [-0.15, -0.1) is 0 Å². The van der Waals surface area contributed by atoms with E-state index in [9.17, 15) is 60.0 Å². The monoisotopic (exact) mass is 528 g/mol. The molecule has 0 bridgehead atoms. The molecule has 0 fully saturated rings. The lowest BCUT2D eigenvalue weighted by Crippen LogP contribution is -2.28. The van der Waals surface area contributed by atoms with Gasteiger partial charge in [0.25, 0.3) is 11.8 Å². The number of carbonyl (C=O) groups is 4. The minimum absolute atomic E-state index is 0.115. The number of aromatic hydroxyl groups is 6. The van der Waals surface area contributed by atoms with Crippen LogP contribution in [0.5, 0.6) is 34.5 Å². The van der Waals surface area contributed by atoms with Crippen LogP contribution in [0.3, 0.4) is 0 Å². The largest absolute Gasteiger partial charge is 0.504 e. The molecule has 198 valence electrons. The fraction of sp³-hybridized carbons (Fsp3) is 0.0833. The van der Waals surface area contributed by atoms with Crippen LogP contribution < -0.4 is 10.6 Å². The molecule has 0 heterocycles. The summed E-state index contributed by atoms with van der Waals surface area (Å²) in [6.07, 6.45) is 0. The maximum absolute atomic E-state index is 12.7. The van der Waals surface area contributed by atoms with E-state index < -0.39 is 80.5 Å². The summed E-state index contributed by atoms with van der Waals surface area (Å²) in [5.41, 5.74) is -2.41. The molecule has 3 aromatic carbocycles. The summed E-state index contributed by atoms with van der Waals surface area (Å²) in [5.74, 6) is -9.71. The third kappa shape index (κ3) is 5.59. The summed E-state index contributed by atoms with van der Waals surface area (Å²) in [7, 11) is 0. The zero-order valence-electron chi connectivity index (χ0n) is 19.1. The van der Waals surface area contributed by atoms with Crippen LogP contribution in [-0.4, -0.2) is 64.6 Å². The second-order valence-corrected chi connectivity index (χ2v) is 7.88. The smallest absolute Gasteiger partial charge is 0.336 e. The second kappa shape index (κ2) is 10.5. The van der Waals surface area contributed by atoms with Gasteiger partial charge in [0, 0.05) is 13.1 Å². The van der Waals surface area contributed by atoms with Crippen LogP contribution in [0.1, 0.15) is 52.6 Å². The minimum Gasteiger partial charge on any atom is -0.504 e. The number of carboxylic acids is 2. The first kappa shape index (κ1) is 26.9. The Hall–Kier alpha value is -5.66. The molecule has 0 aliphatic carbocycles. The minimum atomic E-state index is -1.66. The standard InChI is InChI=1S/C24H20N2O12/c27-15-1-9(2-16(28)19(15)31)7-25-21(33)11-5-14(24(37)38)12(6-13(11)23(35)36)22(34)26-8-10-3-17(29)20(32)18(30)4-10/h1-6,27-32H,7-8H2,(H,25,33)(H,26,34)(H,35,36)(H,37,38). The number of benzene rings is 3. The number of amides is 2. The van der Waals surface area contributed by atoms with Crippen LogP contribution in [0.2, 0.25) is 0 Å². The van der Waals surface area contributed by atoms with E-state index in [1.165, 1.54) is 0 Å². The molecule has 0 radical (unpaired) electrons. The normalized spacial score (nSPS) is 10.5. The summed E-state index contributed by atoms with van der Waals surface area (Å²) >= 11 is 0. The van der Waals surface area contributed by atoms with Crippen molar-refractivity contribution in [1.82, 2.24) is 10.6 Å². The van der Waals surface area contributed by atoms with Gasteiger partial charge in [-0.3, -0.25) is 9.59 Å². The molecular formula is C24H20N2O12. The van der Waals surface area contributed by atoms with Crippen molar-refractivity contribution in [2.75, 3.05) is 0 Å². The topological polar surface area (TPSA) is 254 Å². The number of phenols is 6. The van der Waals surface area contributed by atoms with Crippen LogP contribution in [-0.2, 0) is 13.1 Å². The third-order valence-electron chi connectivity index (χ3n) is 5.27. The molecule has 0 spiro atoms. The molecule has 38 heavy (non-hydrogen) atoms. The SMILES string of the molecule is O=C(O)c1cc(C(=O)NCc2cc(O)c(O)c(O)c2)c(C(=O)O)cc1C(=O)NCc1cc(O)c(O)c(O)c1. The number of hydrogen-bond acceptors (Lipinski definition) is 10. The molecule has 0 aromatic heterocycles. The predicted octanol–water partition coefficient (Wildman–Crippen LogP) is 1.18. The fourth-order valence-electron chi connectivity index (χ4n) is 3.41. The first-order chi connectivity index (χ1) is 17.8. The molecule has 0 atom stereocenters. The van der Waals surface area contributed by atoms with Crippen molar-refractivity contribution in [3.63, 3.8) is 0 Å². The fourth-order valence-corrected chi connectivity index (χ4v) is 3.41. The molecule has 0 unspecified atom stereocenters. The van der Waals surface area contributed by atoms with Crippen LogP contribution >= 0.6 is 0 Å². The number of nitrogens with one attached hydrogen (secondary N) is 2. The average molecular weight is 528 g/mol. The van der Waals surface area contributed by atoms with E-state index in [0.29, 0.717) is 12.1 Å². The van der Waals surface area contributed by atoms with E-state index in [1.807, 2.05) is 0 Å². The molecule has 10 N–H and O–H groups in total. The van der Waals surface area contributed by atoms with Crippen LogP contribution in [0.4, 0.5) is 0 Å². The summed E-state index contributed by atoms with van der Waals surface area (Å²) < 4.78 is 0. The van der Waals surface area contributed by atoms with Gasteiger partial charge in [0.15, 0.2) is 34.5 Å². The lowest BCUT2D eigenvalue weighted by molar-refractivity contribution is 0.0675. The second-order valence-electron chi connectivity index (χ2n) is 7.88. The Morgan fingerprint density at radius 3 is 1.05 bits per heavy atom. The highest BCUT2D eigenvalue weighted by molar-refractivity contribution is 6.11. The highest BCUT2D eigenvalue weighted by Crippen LogP contribution is 2.36. The highest BCUT2D eigenvalue weighted by atomic mass is 16.4. The first-order valence-corrected chi connectivity index (χ1v) is 10.5. The molecular weight excluding hydrogens is 508 g/mol. The van der Waals surface area contributed by atoms with Gasteiger partial charge in [-0.25, -0.2) is 9.59 Å². The van der Waals surface area contributed by atoms with Crippen LogP contribution in [0.15, 0.2) is 36.4 Å². The Bertz CT molecular complexity index is 1320. The molecule has 0 aliphatic rings. The number of carbonyl (C=O) groups excluding carboxylic acids is 2. The van der Waals surface area contributed by atoms with Gasteiger partial charge >= 0.3 is 11.9 Å². The Morgan fingerprint density at radius 1 is 0.500 bits per heavy atom. The van der Waals surface area contributed by atoms with Crippen molar-refractivity contribution in [3.8, 4) is 34.5 Å². The Kier molecular flexibility index (Phi) is 7.46. The van der Waals surface area contributed by atoms with E-state index in [4.69, 9.17) is 0 Å². The zero-order valence-corrected chi connectivity index (χ0v) is 19.1. The van der Waals surface area contributed by atoms with Gasteiger partial charge in [0.2, 0.25) is 0 Å². The molecule has 3 aromatic rings. The van der Waals surface area contributed by atoms with E-state index in [0.717, 1.165) is 24.3 Å². The number of carboxylic acid groups (broad SMARTS) is 2. The number of phenolic OH excluding ortho intramolecular Hbond substituents is 6. The molecule has 2 amide bonds. The molecule has 0 aliphatic heterocycles. The van der Waals surface area contributed by atoms with Crippen molar-refractivity contribution < 1.29 is 60.0 Å². The van der Waals surface area contributed by atoms with Crippen molar-refractivity contribution in [2.45, 2.75) is 13.1 Å². The number of rotatable bonds is 8. The quantitative estimate of drug-likeness (QED) is 0.185. The Balaban J connectivity index is 1.89. The summed E-state index contributed by atoms with van der Waals surface area (Å²) in [6, 6.07) is 5.49. The number of aromatic carboxylic acids is 2. The lowest BCUT2D eigenvalue weighted by Gasteiger charge is -2.14. The van der Waals surface area contributed by atoms with Gasteiger partial charge in [0.1, 0.15) is 0 Å². The molecule has 0 saturated heterocycles. The predicted molar refractivity (Wildman–Crippen MR) is 126 cm³/mol. The zero-order chi connectivity index (χ0) is 28.3. The lowest BCUT2D eigenvalue weighted by atomic mass is 9.96. The van der Waals surface area contributed by atoms with Gasteiger partial charge in [-0.2, -0.15) is 0 Å². The van der Waals surface area contributed by atoms with Crippen molar-refractivity contribution in [1.29, 1.82) is 0 Å². The van der Waals surface area contributed by atoms with E-state index in [-0.39, 0.29) is 24.2 Å². The van der Waals surface area contributed by atoms with Gasteiger partial charge in [-0.05, 0) is 47.5 Å². The van der Waals surface area contributed by atoms with Crippen LogP contribution in [0.25, 0.3) is 0 Å². The Morgan fingerprint density at radius 2 is 0.789 bits per heavy atom. The van der Waals surface area contributed by atoms with E-state index >= 15 is 0 Å². The molecule has 14 nitrogen and oxygen atoms in total. The van der Waals surface area contributed by atoms with E-state index in [2.05, 4.69) is 10.6 Å². The van der Waals surface area contributed by atoms with Crippen LogP contribution in [0, 0.1) is 0 Å². The van der Waals surface area contributed by atoms with E-state index in [1.54, 1.807) is 0 Å². The van der Waals surface area contributed by atoms with Gasteiger partial charge in [0.05, 0.1) is 22.3 Å². The highest BCUT2D eigenvalue weighted by Gasteiger charge is 2.26. The maximum atomic E-state index is 12.7. The maximum Gasteiger partial charge on any atom is 0.336 e. The van der Waals surface area contributed by atoms with Crippen molar-refractivity contribution in [2.24, 2.45) is 0 Å². The molecule has 3 rings (SSSR count). The molecule has 0 saturated carbocycles. The van der Waals surface area contributed by atoms with Crippen molar-refractivity contribution >= 4 is 23.8 Å². The van der Waals surface area contributed by atoms with Crippen molar-refractivity contribution in [3.05, 3.63) is 69.8 Å². The summed E-state index contributed by atoms with van der Waals surface area (Å²) in [4.78, 5) is 49.1. The van der Waals surface area contributed by atoms with Gasteiger partial charge in [-0.1, -0.05) is 0 Å². The first-order valence-electron chi connectivity index (χ1n) is 10.5. The molecule has 14 heteroatoms. The average Bonchev–Trinajstić information content (AvgIpc) is 2.86.